The van der Waals surface area contributed by atoms with E-state index in [1.54, 1.807) is 25.3 Å². The van der Waals surface area contributed by atoms with Gasteiger partial charge >= 0.3 is 5.97 Å². The molecule has 0 spiro atoms. The number of methoxy groups -OCH3 is 3. The average molecular weight is 250 g/mol. The third kappa shape index (κ3) is 1.99. The number of hydrogen-bond acceptors (Lipinski definition) is 5. The summed E-state index contributed by atoms with van der Waals surface area (Å²) in [5, 5.41) is 0. The maximum absolute atomic E-state index is 11.1. The molecule has 0 saturated carbocycles. The molecular formula is C13H14O5. The molecule has 0 N–H and O–H groups in total. The summed E-state index contributed by atoms with van der Waals surface area (Å²) in [5.74, 6) is 1.72. The molecule has 18 heavy (non-hydrogen) atoms. The topological polar surface area (TPSA) is 54.0 Å². The van der Waals surface area contributed by atoms with Crippen LogP contribution in [0, 0.1) is 0 Å². The third-order valence-electron chi connectivity index (χ3n) is 2.65. The molecule has 2 rings (SSSR count). The summed E-state index contributed by atoms with van der Waals surface area (Å²) in [6.45, 7) is 0. The van der Waals surface area contributed by atoms with Crippen LogP contribution in [0.4, 0.5) is 0 Å². The maximum Gasteiger partial charge on any atom is 0.315 e. The van der Waals surface area contributed by atoms with Crippen LogP contribution in [0.3, 0.4) is 0 Å². The first kappa shape index (κ1) is 12.3. The fourth-order valence-electron chi connectivity index (χ4n) is 1.84. The van der Waals surface area contributed by atoms with E-state index in [0.29, 0.717) is 28.6 Å². The van der Waals surface area contributed by atoms with Gasteiger partial charge in [-0.15, -0.1) is 0 Å². The van der Waals surface area contributed by atoms with Crippen LogP contribution < -0.4 is 14.2 Å². The zero-order valence-corrected chi connectivity index (χ0v) is 10.5. The Bertz CT molecular complexity index is 504. The highest BCUT2D eigenvalue weighted by Gasteiger charge is 2.23. The molecular weight excluding hydrogens is 236 g/mol. The number of benzene rings is 1. The van der Waals surface area contributed by atoms with Gasteiger partial charge in [-0.2, -0.15) is 0 Å². The molecule has 0 radical (unpaired) electrons. The second-order valence-electron chi connectivity index (χ2n) is 3.63. The van der Waals surface area contributed by atoms with Crippen molar-refractivity contribution in [2.75, 3.05) is 21.3 Å². The fourth-order valence-corrected chi connectivity index (χ4v) is 1.84. The van der Waals surface area contributed by atoms with Crippen LogP contribution >= 0.6 is 0 Å². The van der Waals surface area contributed by atoms with Crippen LogP contribution in [0.25, 0.3) is 5.76 Å². The molecule has 0 aliphatic carbocycles. The first-order chi connectivity index (χ1) is 8.71. The Morgan fingerprint density at radius 1 is 1.06 bits per heavy atom. The zero-order valence-electron chi connectivity index (χ0n) is 10.5. The zero-order chi connectivity index (χ0) is 13.1. The van der Waals surface area contributed by atoms with Gasteiger partial charge in [0.25, 0.3) is 0 Å². The third-order valence-corrected chi connectivity index (χ3v) is 2.65. The monoisotopic (exact) mass is 250 g/mol. The van der Waals surface area contributed by atoms with Crippen molar-refractivity contribution in [3.63, 3.8) is 0 Å². The lowest BCUT2D eigenvalue weighted by Gasteiger charge is -2.15. The van der Waals surface area contributed by atoms with Crippen molar-refractivity contribution in [2.24, 2.45) is 0 Å². The molecule has 1 aliphatic rings. The van der Waals surface area contributed by atoms with Gasteiger partial charge in [-0.3, -0.25) is 4.79 Å². The lowest BCUT2D eigenvalue weighted by Crippen LogP contribution is -2.00. The predicted octanol–water partition coefficient (Wildman–Crippen LogP) is 2.00. The van der Waals surface area contributed by atoms with Gasteiger partial charge in [0.15, 0.2) is 11.5 Å². The summed E-state index contributed by atoms with van der Waals surface area (Å²) in [7, 11) is 4.60. The minimum absolute atomic E-state index is 0.271. The molecule has 1 aromatic rings. The molecule has 0 atom stereocenters. The van der Waals surface area contributed by atoms with E-state index < -0.39 is 0 Å². The van der Waals surface area contributed by atoms with Crippen LogP contribution in [-0.4, -0.2) is 27.3 Å². The minimum atomic E-state index is -0.276. The molecule has 1 aliphatic heterocycles. The van der Waals surface area contributed by atoms with Gasteiger partial charge in [0.1, 0.15) is 5.76 Å². The Hall–Kier alpha value is -2.17. The second kappa shape index (κ2) is 5.00. The second-order valence-corrected chi connectivity index (χ2v) is 3.63. The summed E-state index contributed by atoms with van der Waals surface area (Å²) in [6, 6.07) is 3.51. The normalized spacial score (nSPS) is 13.9. The Labute approximate surface area is 105 Å². The van der Waals surface area contributed by atoms with Crippen LogP contribution in [0.5, 0.6) is 17.2 Å². The van der Waals surface area contributed by atoms with Gasteiger partial charge in [-0.05, 0) is 18.2 Å². The van der Waals surface area contributed by atoms with Crippen molar-refractivity contribution < 1.29 is 23.7 Å². The van der Waals surface area contributed by atoms with Crippen molar-refractivity contribution >= 4 is 11.7 Å². The quantitative estimate of drug-likeness (QED) is 0.765. The van der Waals surface area contributed by atoms with E-state index in [4.69, 9.17) is 18.9 Å². The Kier molecular flexibility index (Phi) is 3.41. The van der Waals surface area contributed by atoms with E-state index >= 15 is 0 Å². The molecule has 1 aromatic carbocycles. The van der Waals surface area contributed by atoms with E-state index in [0.717, 1.165) is 0 Å². The summed E-state index contributed by atoms with van der Waals surface area (Å²) in [5.41, 5.74) is 0.668. The molecule has 0 fully saturated rings. The number of esters is 1. The van der Waals surface area contributed by atoms with Crippen molar-refractivity contribution in [3.05, 3.63) is 23.8 Å². The summed E-state index contributed by atoms with van der Waals surface area (Å²) < 4.78 is 20.9. The van der Waals surface area contributed by atoms with Crippen LogP contribution in [0.15, 0.2) is 18.2 Å². The first-order valence-electron chi connectivity index (χ1n) is 5.41. The van der Waals surface area contributed by atoms with Crippen molar-refractivity contribution in [2.45, 2.75) is 6.42 Å². The smallest absolute Gasteiger partial charge is 0.315 e. The van der Waals surface area contributed by atoms with Gasteiger partial charge in [0.2, 0.25) is 5.75 Å². The first-order valence-corrected chi connectivity index (χ1v) is 5.41. The lowest BCUT2D eigenvalue weighted by atomic mass is 10.1. The summed E-state index contributed by atoms with van der Waals surface area (Å²) >= 11 is 0. The van der Waals surface area contributed by atoms with Crippen LogP contribution in [0.1, 0.15) is 12.0 Å². The number of carbonyl (C=O) groups is 1. The number of cyclic esters (lactones) is 1. The molecule has 1 heterocycles. The Balaban J connectivity index is 2.51. The van der Waals surface area contributed by atoms with E-state index in [9.17, 15) is 4.79 Å². The number of hydrogen-bond donors (Lipinski definition) is 0. The molecule has 0 amide bonds. The minimum Gasteiger partial charge on any atom is -0.493 e. The van der Waals surface area contributed by atoms with Crippen molar-refractivity contribution in [1.82, 2.24) is 0 Å². The summed E-state index contributed by atoms with van der Waals surface area (Å²) in [4.78, 5) is 11.1. The predicted molar refractivity (Wildman–Crippen MR) is 64.8 cm³/mol. The average Bonchev–Trinajstić information content (AvgIpc) is 2.83. The van der Waals surface area contributed by atoms with E-state index in [1.807, 2.05) is 0 Å². The fraction of sp³-hybridized carbons (Fsp3) is 0.308. The Morgan fingerprint density at radius 2 is 1.78 bits per heavy atom. The standard InChI is InChI=1S/C13H14O5/c1-15-10-5-4-8(9-6-7-11(14)18-9)12(16-2)13(10)17-3/h4-6H,7H2,1-3H3. The van der Waals surface area contributed by atoms with Crippen molar-refractivity contribution in [3.8, 4) is 17.2 Å². The maximum atomic E-state index is 11.1. The highest BCUT2D eigenvalue weighted by molar-refractivity contribution is 5.87. The van der Waals surface area contributed by atoms with E-state index in [1.165, 1.54) is 14.2 Å². The number of rotatable bonds is 4. The van der Waals surface area contributed by atoms with Crippen LogP contribution in [0.2, 0.25) is 0 Å². The van der Waals surface area contributed by atoms with Crippen molar-refractivity contribution in [1.29, 1.82) is 0 Å². The molecule has 96 valence electrons. The van der Waals surface area contributed by atoms with Gasteiger partial charge in [-0.25, -0.2) is 0 Å². The highest BCUT2D eigenvalue weighted by atomic mass is 16.5. The molecule has 5 heteroatoms. The molecule has 0 unspecified atom stereocenters. The Morgan fingerprint density at radius 3 is 2.28 bits per heavy atom. The van der Waals surface area contributed by atoms with Gasteiger partial charge in [0, 0.05) is 0 Å². The highest BCUT2D eigenvalue weighted by Crippen LogP contribution is 2.43. The van der Waals surface area contributed by atoms with E-state index in [-0.39, 0.29) is 12.4 Å². The number of ether oxygens (including phenoxy) is 4. The summed E-state index contributed by atoms with van der Waals surface area (Å²) in [6.07, 6.45) is 1.99. The van der Waals surface area contributed by atoms with Crippen LogP contribution in [-0.2, 0) is 9.53 Å². The van der Waals surface area contributed by atoms with E-state index in [2.05, 4.69) is 0 Å². The molecule has 5 nitrogen and oxygen atoms in total. The largest absolute Gasteiger partial charge is 0.493 e. The van der Waals surface area contributed by atoms with Gasteiger partial charge in [-0.1, -0.05) is 0 Å². The molecule has 0 saturated heterocycles. The molecule has 0 bridgehead atoms. The molecule has 0 aromatic heterocycles. The van der Waals surface area contributed by atoms with Gasteiger partial charge < -0.3 is 18.9 Å². The lowest BCUT2D eigenvalue weighted by molar-refractivity contribution is -0.134. The number of carbonyl (C=O) groups excluding carboxylic acids is 1. The SMILES string of the molecule is COc1ccc(C2=CCC(=O)O2)c(OC)c1OC. The van der Waals surface area contributed by atoms with Gasteiger partial charge in [0.05, 0.1) is 33.3 Å².